The van der Waals surface area contributed by atoms with Crippen molar-refractivity contribution in [3.05, 3.63) is 30.0 Å². The van der Waals surface area contributed by atoms with E-state index in [9.17, 15) is 19.6 Å². The second-order valence-corrected chi connectivity index (χ2v) is 8.46. The van der Waals surface area contributed by atoms with E-state index in [2.05, 4.69) is 20.9 Å². The highest BCUT2D eigenvalue weighted by Gasteiger charge is 2.35. The zero-order chi connectivity index (χ0) is 22.7. The molecule has 0 spiro atoms. The number of piperidine rings is 1. The lowest BCUT2D eigenvalue weighted by Crippen LogP contribution is -2.54. The molecular weight excluding hydrogens is 410 g/mol. The molecule has 2 heterocycles. The minimum Gasteiger partial charge on any atom is -0.496 e. The fraction of sp³-hybridized carbons (Fsp3) is 0.478. The van der Waals surface area contributed by atoms with E-state index >= 15 is 0 Å². The zero-order valence-corrected chi connectivity index (χ0v) is 17.9. The van der Waals surface area contributed by atoms with Crippen LogP contribution in [0.3, 0.4) is 0 Å². The molecule has 3 amide bonds. The first-order valence-electron chi connectivity index (χ1n) is 10.9. The number of hydrogen-bond acceptors (Lipinski definition) is 5. The fourth-order valence-electron chi connectivity index (χ4n) is 4.17. The third-order valence-electron chi connectivity index (χ3n) is 6.14. The van der Waals surface area contributed by atoms with Gasteiger partial charge in [-0.1, -0.05) is 18.9 Å². The van der Waals surface area contributed by atoms with Gasteiger partial charge in [0.25, 0.3) is 5.91 Å². The molecule has 4 rings (SSSR count). The van der Waals surface area contributed by atoms with Gasteiger partial charge in [-0.2, -0.15) is 5.26 Å². The summed E-state index contributed by atoms with van der Waals surface area (Å²) in [6.45, 7) is 0.580. The van der Waals surface area contributed by atoms with Crippen molar-refractivity contribution in [2.45, 2.75) is 44.2 Å². The number of fused-ring (bicyclic) bond motifs is 1. The summed E-state index contributed by atoms with van der Waals surface area (Å²) >= 11 is 0. The third-order valence-corrected chi connectivity index (χ3v) is 6.14. The molecule has 9 heteroatoms. The van der Waals surface area contributed by atoms with E-state index in [1.165, 1.54) is 0 Å². The van der Waals surface area contributed by atoms with Crippen LogP contribution in [0, 0.1) is 23.2 Å². The Labute approximate surface area is 185 Å². The van der Waals surface area contributed by atoms with Gasteiger partial charge in [0, 0.05) is 17.4 Å². The summed E-state index contributed by atoms with van der Waals surface area (Å²) in [6, 6.07) is 7.50. The molecule has 9 nitrogen and oxygen atoms in total. The summed E-state index contributed by atoms with van der Waals surface area (Å²) in [5.41, 5.74) is 1.08. The van der Waals surface area contributed by atoms with E-state index < -0.39 is 29.8 Å². The number of nitrogens with zero attached hydrogens (tertiary/aromatic N) is 1. The van der Waals surface area contributed by atoms with Gasteiger partial charge >= 0.3 is 0 Å². The normalized spacial score (nSPS) is 20.0. The van der Waals surface area contributed by atoms with E-state index in [0.717, 1.165) is 30.2 Å². The number of aromatic nitrogens is 1. The fourth-order valence-corrected chi connectivity index (χ4v) is 4.17. The number of ether oxygens (including phenoxy) is 1. The van der Waals surface area contributed by atoms with Gasteiger partial charge in [-0.05, 0) is 43.4 Å². The van der Waals surface area contributed by atoms with Crippen LogP contribution >= 0.6 is 0 Å². The van der Waals surface area contributed by atoms with Gasteiger partial charge in [0.15, 0.2) is 0 Å². The van der Waals surface area contributed by atoms with Crippen LogP contribution in [0.2, 0.25) is 0 Å². The number of rotatable bonds is 8. The van der Waals surface area contributed by atoms with Crippen molar-refractivity contribution < 1.29 is 19.1 Å². The standard InChI is InChI=1S/C23H27N5O4/c1-32-20-6-2-5-16-15(20)11-18(26-16)23(31)27-17(10-13-7-8-13)22(30)28-19(12-24)14-4-3-9-25-21(14)29/h2,5-6,11,13-14,17,19,26H,3-4,7-10H2,1H3,(H,25,29)(H,27,31)(H,28,30)/t14-,17?,19?/m0/s1. The Hall–Kier alpha value is -3.54. The van der Waals surface area contributed by atoms with Crippen molar-refractivity contribution in [2.24, 2.45) is 11.8 Å². The van der Waals surface area contributed by atoms with Crippen molar-refractivity contribution in [1.29, 1.82) is 5.26 Å². The van der Waals surface area contributed by atoms with Crippen LogP contribution in [0.4, 0.5) is 0 Å². The molecule has 2 aromatic rings. The molecule has 0 radical (unpaired) electrons. The number of hydrogen-bond donors (Lipinski definition) is 4. The summed E-state index contributed by atoms with van der Waals surface area (Å²) in [4.78, 5) is 41.2. The van der Waals surface area contributed by atoms with E-state index in [1.807, 2.05) is 24.3 Å². The number of nitrogens with one attached hydrogen (secondary N) is 4. The number of carbonyl (C=O) groups is 3. The van der Waals surface area contributed by atoms with Crippen LogP contribution in [-0.2, 0) is 9.59 Å². The molecule has 1 aromatic carbocycles. The van der Waals surface area contributed by atoms with Crippen molar-refractivity contribution >= 4 is 28.6 Å². The number of aromatic amines is 1. The van der Waals surface area contributed by atoms with Gasteiger partial charge in [-0.3, -0.25) is 14.4 Å². The Morgan fingerprint density at radius 2 is 2.09 bits per heavy atom. The second-order valence-electron chi connectivity index (χ2n) is 8.46. The van der Waals surface area contributed by atoms with Crippen molar-refractivity contribution in [3.63, 3.8) is 0 Å². The maximum Gasteiger partial charge on any atom is 0.268 e. The van der Waals surface area contributed by atoms with Crippen LogP contribution in [0.1, 0.15) is 42.6 Å². The van der Waals surface area contributed by atoms with Crippen LogP contribution in [0.25, 0.3) is 10.9 Å². The second kappa shape index (κ2) is 9.30. The lowest BCUT2D eigenvalue weighted by molar-refractivity contribution is -0.128. The third kappa shape index (κ3) is 4.69. The van der Waals surface area contributed by atoms with Crippen molar-refractivity contribution in [3.8, 4) is 11.8 Å². The molecule has 0 bridgehead atoms. The average molecular weight is 438 g/mol. The predicted molar refractivity (Wildman–Crippen MR) is 117 cm³/mol. The van der Waals surface area contributed by atoms with Gasteiger partial charge in [0.2, 0.25) is 11.8 Å². The number of methoxy groups -OCH3 is 1. The van der Waals surface area contributed by atoms with E-state index in [4.69, 9.17) is 4.74 Å². The SMILES string of the molecule is COc1cccc2[nH]c(C(=O)NC(CC3CC3)C(=O)NC(C#N)[C@@H]3CCCNC3=O)cc12. The predicted octanol–water partition coefficient (Wildman–Crippen LogP) is 1.61. The molecule has 1 aromatic heterocycles. The summed E-state index contributed by atoms with van der Waals surface area (Å²) in [6.07, 6.45) is 3.82. The van der Waals surface area contributed by atoms with Gasteiger partial charge < -0.3 is 25.7 Å². The minimum absolute atomic E-state index is 0.224. The lowest BCUT2D eigenvalue weighted by Gasteiger charge is -2.27. The topological polar surface area (TPSA) is 136 Å². The molecule has 2 aliphatic rings. The Kier molecular flexibility index (Phi) is 6.30. The smallest absolute Gasteiger partial charge is 0.268 e. The first kappa shape index (κ1) is 21.7. The number of H-pyrrole nitrogens is 1. The number of carbonyl (C=O) groups excluding carboxylic acids is 3. The maximum absolute atomic E-state index is 13.0. The van der Waals surface area contributed by atoms with Gasteiger partial charge in [0.1, 0.15) is 23.5 Å². The maximum atomic E-state index is 13.0. The molecule has 32 heavy (non-hydrogen) atoms. The van der Waals surface area contributed by atoms with Crippen LogP contribution in [0.15, 0.2) is 24.3 Å². The molecule has 168 valence electrons. The Balaban J connectivity index is 1.48. The van der Waals surface area contributed by atoms with Gasteiger partial charge in [-0.15, -0.1) is 0 Å². The lowest BCUT2D eigenvalue weighted by atomic mass is 9.91. The van der Waals surface area contributed by atoms with E-state index in [0.29, 0.717) is 36.7 Å². The molecule has 2 unspecified atom stereocenters. The quantitative estimate of drug-likeness (QED) is 0.497. The Morgan fingerprint density at radius 1 is 1.28 bits per heavy atom. The monoisotopic (exact) mass is 437 g/mol. The molecule has 1 aliphatic heterocycles. The summed E-state index contributed by atoms with van der Waals surface area (Å²) < 4.78 is 5.34. The first-order chi connectivity index (χ1) is 15.5. The average Bonchev–Trinajstić information content (AvgIpc) is 3.51. The molecular formula is C23H27N5O4. The summed E-state index contributed by atoms with van der Waals surface area (Å²) in [5.74, 6) is -0.647. The largest absolute Gasteiger partial charge is 0.496 e. The van der Waals surface area contributed by atoms with Crippen molar-refractivity contribution in [2.75, 3.05) is 13.7 Å². The van der Waals surface area contributed by atoms with Gasteiger partial charge in [0.05, 0.1) is 19.1 Å². The Bertz CT molecular complexity index is 1070. The highest BCUT2D eigenvalue weighted by molar-refractivity contribution is 6.01. The summed E-state index contributed by atoms with van der Waals surface area (Å²) in [7, 11) is 1.57. The van der Waals surface area contributed by atoms with Crippen LogP contribution in [-0.4, -0.2) is 48.4 Å². The Morgan fingerprint density at radius 3 is 2.78 bits per heavy atom. The number of amides is 3. The molecule has 1 saturated carbocycles. The molecule has 4 N–H and O–H groups in total. The van der Waals surface area contributed by atoms with Crippen LogP contribution in [0.5, 0.6) is 5.75 Å². The molecule has 1 aliphatic carbocycles. The van der Waals surface area contributed by atoms with Crippen molar-refractivity contribution in [1.82, 2.24) is 20.9 Å². The first-order valence-corrected chi connectivity index (χ1v) is 10.9. The van der Waals surface area contributed by atoms with Gasteiger partial charge in [-0.25, -0.2) is 0 Å². The number of benzene rings is 1. The van der Waals surface area contributed by atoms with Crippen LogP contribution < -0.4 is 20.7 Å². The van der Waals surface area contributed by atoms with E-state index in [1.54, 1.807) is 13.2 Å². The highest BCUT2D eigenvalue weighted by Crippen LogP contribution is 2.34. The number of nitriles is 1. The zero-order valence-electron chi connectivity index (χ0n) is 17.9. The summed E-state index contributed by atoms with van der Waals surface area (Å²) in [5, 5.41) is 18.6. The minimum atomic E-state index is -0.932. The molecule has 1 saturated heterocycles. The highest BCUT2D eigenvalue weighted by atomic mass is 16.5. The molecule has 2 fully saturated rings. The van der Waals surface area contributed by atoms with E-state index in [-0.39, 0.29) is 5.91 Å². The molecule has 3 atom stereocenters.